The third-order valence-corrected chi connectivity index (χ3v) is 4.08. The standard InChI is InChI=1S/C13H24N2O2S/c1-3-13(2,12(14)18)15-11(16)8-7-10-6-4-5-9-17-10/h10H,3-9H2,1-2H3,(H2,14,18)(H,15,16). The largest absolute Gasteiger partial charge is 0.391 e. The van der Waals surface area contributed by atoms with Crippen LogP contribution in [0.3, 0.4) is 0 Å². The minimum absolute atomic E-state index is 0.00123. The molecule has 104 valence electrons. The molecule has 1 rings (SSSR count). The van der Waals surface area contributed by atoms with Gasteiger partial charge in [-0.1, -0.05) is 19.1 Å². The van der Waals surface area contributed by atoms with Crippen LogP contribution >= 0.6 is 12.2 Å². The molecule has 1 aliphatic rings. The maximum absolute atomic E-state index is 11.9. The Morgan fingerprint density at radius 3 is 2.78 bits per heavy atom. The van der Waals surface area contributed by atoms with Crippen molar-refractivity contribution in [3.63, 3.8) is 0 Å². The first-order valence-corrected chi connectivity index (χ1v) is 7.11. The predicted molar refractivity (Wildman–Crippen MR) is 76.4 cm³/mol. The smallest absolute Gasteiger partial charge is 0.220 e. The van der Waals surface area contributed by atoms with Crippen molar-refractivity contribution < 1.29 is 9.53 Å². The zero-order valence-corrected chi connectivity index (χ0v) is 12.1. The fourth-order valence-corrected chi connectivity index (χ4v) is 2.22. The van der Waals surface area contributed by atoms with E-state index in [2.05, 4.69) is 5.32 Å². The van der Waals surface area contributed by atoms with Crippen molar-refractivity contribution in [1.29, 1.82) is 0 Å². The lowest BCUT2D eigenvalue weighted by molar-refractivity contribution is -0.123. The molecule has 0 spiro atoms. The monoisotopic (exact) mass is 272 g/mol. The van der Waals surface area contributed by atoms with E-state index < -0.39 is 5.54 Å². The van der Waals surface area contributed by atoms with Gasteiger partial charge in [-0.15, -0.1) is 0 Å². The highest BCUT2D eigenvalue weighted by Gasteiger charge is 2.27. The van der Waals surface area contributed by atoms with Crippen LogP contribution in [-0.4, -0.2) is 29.1 Å². The Kier molecular flexibility index (Phi) is 6.02. The predicted octanol–water partition coefficient (Wildman–Crippen LogP) is 1.91. The zero-order chi connectivity index (χ0) is 13.6. The Hall–Kier alpha value is -0.680. The van der Waals surface area contributed by atoms with Gasteiger partial charge in [-0.25, -0.2) is 0 Å². The maximum atomic E-state index is 11.9. The summed E-state index contributed by atoms with van der Waals surface area (Å²) in [6, 6.07) is 0. The molecule has 1 heterocycles. The summed E-state index contributed by atoms with van der Waals surface area (Å²) in [5.41, 5.74) is 5.09. The summed E-state index contributed by atoms with van der Waals surface area (Å²) < 4.78 is 5.60. The van der Waals surface area contributed by atoms with Gasteiger partial charge in [-0.05, 0) is 39.0 Å². The molecule has 0 bridgehead atoms. The molecular formula is C13H24N2O2S. The first-order chi connectivity index (χ1) is 8.48. The van der Waals surface area contributed by atoms with Gasteiger partial charge in [-0.2, -0.15) is 0 Å². The molecule has 1 saturated heterocycles. The second-order valence-corrected chi connectivity index (χ2v) is 5.57. The van der Waals surface area contributed by atoms with E-state index in [0.29, 0.717) is 17.8 Å². The Morgan fingerprint density at radius 2 is 2.28 bits per heavy atom. The summed E-state index contributed by atoms with van der Waals surface area (Å²) in [4.78, 5) is 12.2. The van der Waals surface area contributed by atoms with E-state index in [1.54, 1.807) is 0 Å². The van der Waals surface area contributed by atoms with Crippen LogP contribution in [0.5, 0.6) is 0 Å². The van der Waals surface area contributed by atoms with Gasteiger partial charge in [0, 0.05) is 13.0 Å². The van der Waals surface area contributed by atoms with Crippen LogP contribution in [0, 0.1) is 0 Å². The summed E-state index contributed by atoms with van der Waals surface area (Å²) in [5, 5.41) is 2.92. The Bertz CT molecular complexity index is 303. The lowest BCUT2D eigenvalue weighted by Gasteiger charge is -2.29. The van der Waals surface area contributed by atoms with E-state index in [4.69, 9.17) is 22.7 Å². The highest BCUT2D eigenvalue weighted by Crippen LogP contribution is 2.17. The fourth-order valence-electron chi connectivity index (χ4n) is 2.02. The van der Waals surface area contributed by atoms with E-state index in [0.717, 1.165) is 25.9 Å². The first kappa shape index (κ1) is 15.4. The molecule has 0 aromatic carbocycles. The van der Waals surface area contributed by atoms with E-state index in [-0.39, 0.29) is 12.0 Å². The second-order valence-electron chi connectivity index (χ2n) is 5.13. The van der Waals surface area contributed by atoms with Crippen molar-refractivity contribution in [2.24, 2.45) is 5.73 Å². The molecule has 0 saturated carbocycles. The summed E-state index contributed by atoms with van der Waals surface area (Å²) in [6.45, 7) is 4.65. The zero-order valence-electron chi connectivity index (χ0n) is 11.3. The number of rotatable bonds is 6. The minimum atomic E-state index is -0.570. The summed E-state index contributed by atoms with van der Waals surface area (Å²) in [7, 11) is 0. The van der Waals surface area contributed by atoms with Crippen LogP contribution in [-0.2, 0) is 9.53 Å². The Morgan fingerprint density at radius 1 is 1.56 bits per heavy atom. The van der Waals surface area contributed by atoms with Crippen LogP contribution in [0.1, 0.15) is 52.4 Å². The highest BCUT2D eigenvalue weighted by atomic mass is 32.1. The SMILES string of the molecule is CCC(C)(NC(=O)CCC1CCCCO1)C(N)=S. The summed E-state index contributed by atoms with van der Waals surface area (Å²) in [6.07, 6.45) is 5.60. The normalized spacial score (nSPS) is 23.1. The van der Waals surface area contributed by atoms with Crippen molar-refractivity contribution in [2.45, 2.75) is 64.0 Å². The molecule has 0 radical (unpaired) electrons. The molecule has 5 heteroatoms. The number of amides is 1. The summed E-state index contributed by atoms with van der Waals surface area (Å²) >= 11 is 5.00. The number of hydrogen-bond acceptors (Lipinski definition) is 3. The van der Waals surface area contributed by atoms with Gasteiger partial charge in [0.25, 0.3) is 0 Å². The average Bonchev–Trinajstić information content (AvgIpc) is 2.37. The first-order valence-electron chi connectivity index (χ1n) is 6.70. The Balaban J connectivity index is 2.34. The van der Waals surface area contributed by atoms with Crippen LogP contribution in [0.25, 0.3) is 0 Å². The third-order valence-electron chi connectivity index (χ3n) is 3.63. The molecule has 3 N–H and O–H groups in total. The molecule has 1 aliphatic heterocycles. The average molecular weight is 272 g/mol. The second kappa shape index (κ2) is 7.04. The number of ether oxygens (including phenoxy) is 1. The van der Waals surface area contributed by atoms with Gasteiger partial charge in [0.05, 0.1) is 16.6 Å². The molecule has 1 amide bonds. The maximum Gasteiger partial charge on any atom is 0.220 e. The molecule has 1 fully saturated rings. The number of nitrogens with two attached hydrogens (primary N) is 1. The van der Waals surface area contributed by atoms with E-state index in [1.807, 2.05) is 13.8 Å². The topological polar surface area (TPSA) is 64.3 Å². The highest BCUT2D eigenvalue weighted by molar-refractivity contribution is 7.80. The van der Waals surface area contributed by atoms with Crippen LogP contribution < -0.4 is 11.1 Å². The van der Waals surface area contributed by atoms with Crippen molar-refractivity contribution in [1.82, 2.24) is 5.32 Å². The van der Waals surface area contributed by atoms with Crippen LogP contribution in [0.15, 0.2) is 0 Å². The molecule has 0 aliphatic carbocycles. The number of nitrogens with one attached hydrogen (secondary N) is 1. The molecule has 2 unspecified atom stereocenters. The number of thiocarbonyl (C=S) groups is 1. The summed E-state index contributed by atoms with van der Waals surface area (Å²) in [5.74, 6) is 0.00123. The van der Waals surface area contributed by atoms with Gasteiger partial charge < -0.3 is 15.8 Å². The van der Waals surface area contributed by atoms with E-state index >= 15 is 0 Å². The molecule has 0 aromatic heterocycles. The molecule has 18 heavy (non-hydrogen) atoms. The van der Waals surface area contributed by atoms with Crippen LogP contribution in [0.4, 0.5) is 0 Å². The third kappa shape index (κ3) is 4.53. The van der Waals surface area contributed by atoms with Crippen molar-refractivity contribution in [3.8, 4) is 0 Å². The minimum Gasteiger partial charge on any atom is -0.391 e. The fraction of sp³-hybridized carbons (Fsp3) is 0.846. The molecule has 2 atom stereocenters. The van der Waals surface area contributed by atoms with E-state index in [1.165, 1.54) is 6.42 Å². The molecule has 4 nitrogen and oxygen atoms in total. The van der Waals surface area contributed by atoms with Gasteiger partial charge in [0.15, 0.2) is 0 Å². The molecular weight excluding hydrogens is 248 g/mol. The van der Waals surface area contributed by atoms with Gasteiger partial charge in [-0.3, -0.25) is 4.79 Å². The van der Waals surface area contributed by atoms with Gasteiger partial charge in [0.1, 0.15) is 0 Å². The van der Waals surface area contributed by atoms with Gasteiger partial charge in [0.2, 0.25) is 5.91 Å². The van der Waals surface area contributed by atoms with Gasteiger partial charge >= 0.3 is 0 Å². The van der Waals surface area contributed by atoms with Crippen molar-refractivity contribution >= 4 is 23.1 Å². The van der Waals surface area contributed by atoms with Crippen LogP contribution in [0.2, 0.25) is 0 Å². The van der Waals surface area contributed by atoms with E-state index in [9.17, 15) is 4.79 Å². The Labute approximate surface area is 115 Å². The molecule has 0 aromatic rings. The lowest BCUT2D eigenvalue weighted by Crippen LogP contribution is -2.54. The van der Waals surface area contributed by atoms with Crippen molar-refractivity contribution in [2.75, 3.05) is 6.61 Å². The number of hydrogen-bond donors (Lipinski definition) is 2. The quantitative estimate of drug-likeness (QED) is 0.725. The number of carbonyl (C=O) groups excluding carboxylic acids is 1. The number of carbonyl (C=O) groups is 1. The van der Waals surface area contributed by atoms with Crippen molar-refractivity contribution in [3.05, 3.63) is 0 Å². The lowest BCUT2D eigenvalue weighted by atomic mass is 9.98.